The summed E-state index contributed by atoms with van der Waals surface area (Å²) < 4.78 is 46.4. The highest BCUT2D eigenvalue weighted by Gasteiger charge is 2.46. The molecule has 1 saturated heterocycles. The summed E-state index contributed by atoms with van der Waals surface area (Å²) >= 11 is 0. The van der Waals surface area contributed by atoms with Gasteiger partial charge < -0.3 is 35.5 Å². The lowest BCUT2D eigenvalue weighted by Crippen LogP contribution is -2.55. The van der Waals surface area contributed by atoms with Crippen LogP contribution in [0.1, 0.15) is 120 Å². The number of nitrogens with one attached hydrogen (secondary N) is 2. The molecule has 4 amide bonds. The second-order valence-electron chi connectivity index (χ2n) is 16.5. The summed E-state index contributed by atoms with van der Waals surface area (Å²) in [7, 11) is 0. The van der Waals surface area contributed by atoms with Gasteiger partial charge in [0, 0.05) is 43.7 Å². The number of fused-ring (bicyclic) bond motifs is 1. The SMILES string of the molecule is CCCC(CC(=O)[C@@H]1C[C@@H](OC(C)(C)C)CN1C(=O)[C@@H](NC(=O)c1c(F)cccc1F)C1CCCCC1)C(=O)C(=O)CCC(=O)NC(C(N)=O)c1cccc2c1OCO2. The van der Waals surface area contributed by atoms with E-state index in [1.807, 2.05) is 20.8 Å². The Hall–Kier alpha value is -5.25. The first-order valence-electron chi connectivity index (χ1n) is 20.3. The number of nitrogens with two attached hydrogens (primary N) is 1. The zero-order valence-corrected chi connectivity index (χ0v) is 34.0. The lowest BCUT2D eigenvalue weighted by molar-refractivity contribution is -0.143. The average Bonchev–Trinajstić information content (AvgIpc) is 3.84. The van der Waals surface area contributed by atoms with Crippen LogP contribution in [0.2, 0.25) is 0 Å². The number of rotatable bonds is 18. The van der Waals surface area contributed by atoms with E-state index in [2.05, 4.69) is 10.6 Å². The molecular formula is C43H54F2N4O10. The van der Waals surface area contributed by atoms with Gasteiger partial charge in [-0.05, 0) is 64.2 Å². The lowest BCUT2D eigenvalue weighted by atomic mass is 9.82. The van der Waals surface area contributed by atoms with Crippen molar-refractivity contribution in [2.24, 2.45) is 17.6 Å². The molecule has 16 heteroatoms. The molecule has 0 radical (unpaired) electrons. The molecule has 5 atom stereocenters. The van der Waals surface area contributed by atoms with Gasteiger partial charge in [-0.3, -0.25) is 33.6 Å². The molecule has 59 heavy (non-hydrogen) atoms. The third-order valence-electron chi connectivity index (χ3n) is 10.9. The third-order valence-corrected chi connectivity index (χ3v) is 10.9. The van der Waals surface area contributed by atoms with Crippen LogP contribution in [0, 0.1) is 23.5 Å². The topological polar surface area (TPSA) is 200 Å². The van der Waals surface area contributed by atoms with Gasteiger partial charge in [0.05, 0.1) is 17.7 Å². The molecule has 1 saturated carbocycles. The Bertz CT molecular complexity index is 1910. The molecular weight excluding hydrogens is 770 g/mol. The molecule has 0 bridgehead atoms. The van der Waals surface area contributed by atoms with E-state index in [-0.39, 0.29) is 49.8 Å². The Morgan fingerprint density at radius 3 is 2.25 bits per heavy atom. The van der Waals surface area contributed by atoms with E-state index in [4.69, 9.17) is 19.9 Å². The van der Waals surface area contributed by atoms with Crippen LogP contribution in [0.4, 0.5) is 8.78 Å². The van der Waals surface area contributed by atoms with Crippen molar-refractivity contribution in [3.05, 3.63) is 59.2 Å². The van der Waals surface area contributed by atoms with Crippen LogP contribution in [-0.4, -0.2) is 83.0 Å². The highest BCUT2D eigenvalue weighted by Crippen LogP contribution is 2.38. The number of likely N-dealkylation sites (tertiary alicyclic amines) is 1. The van der Waals surface area contributed by atoms with Crippen LogP contribution in [0.5, 0.6) is 11.5 Å². The maximum absolute atomic E-state index is 14.7. The minimum atomic E-state index is -1.30. The van der Waals surface area contributed by atoms with Gasteiger partial charge in [0.15, 0.2) is 23.1 Å². The van der Waals surface area contributed by atoms with E-state index < -0.39 is 107 Å². The van der Waals surface area contributed by atoms with Gasteiger partial charge in [0.1, 0.15) is 29.3 Å². The molecule has 2 heterocycles. The lowest BCUT2D eigenvalue weighted by Gasteiger charge is -2.35. The number of para-hydroxylation sites is 1. The number of benzene rings is 2. The fraction of sp³-hybridized carbons (Fsp3) is 0.558. The van der Waals surface area contributed by atoms with Gasteiger partial charge in [-0.15, -0.1) is 0 Å². The number of carbonyl (C=O) groups excluding carboxylic acids is 7. The zero-order valence-electron chi connectivity index (χ0n) is 34.0. The van der Waals surface area contributed by atoms with Crippen molar-refractivity contribution in [1.29, 1.82) is 0 Å². The molecule has 2 aromatic carbocycles. The smallest absolute Gasteiger partial charge is 0.257 e. The molecule has 2 fully saturated rings. The monoisotopic (exact) mass is 824 g/mol. The number of primary amides is 1. The first-order chi connectivity index (χ1) is 28.0. The van der Waals surface area contributed by atoms with E-state index in [0.717, 1.165) is 37.5 Å². The highest BCUT2D eigenvalue weighted by molar-refractivity contribution is 6.38. The van der Waals surface area contributed by atoms with Crippen LogP contribution < -0.4 is 25.8 Å². The first kappa shape index (κ1) is 44.8. The Labute approximate surface area is 342 Å². The van der Waals surface area contributed by atoms with Crippen molar-refractivity contribution in [1.82, 2.24) is 15.5 Å². The summed E-state index contributed by atoms with van der Waals surface area (Å²) in [5.74, 6) is -8.48. The van der Waals surface area contributed by atoms with Crippen molar-refractivity contribution in [2.45, 2.75) is 128 Å². The molecule has 5 rings (SSSR count). The Morgan fingerprint density at radius 2 is 1.61 bits per heavy atom. The quantitative estimate of drug-likeness (QED) is 0.176. The molecule has 2 unspecified atom stereocenters. The van der Waals surface area contributed by atoms with Gasteiger partial charge in [-0.25, -0.2) is 8.78 Å². The van der Waals surface area contributed by atoms with E-state index >= 15 is 0 Å². The average molecular weight is 825 g/mol. The molecule has 4 N–H and O–H groups in total. The molecule has 0 aromatic heterocycles. The molecule has 1 aliphatic carbocycles. The molecule has 3 aliphatic rings. The number of hydrogen-bond donors (Lipinski definition) is 3. The van der Waals surface area contributed by atoms with Gasteiger partial charge in [0.25, 0.3) is 5.91 Å². The third kappa shape index (κ3) is 11.3. The number of amides is 4. The van der Waals surface area contributed by atoms with Crippen LogP contribution in [-0.2, 0) is 33.5 Å². The summed E-state index contributed by atoms with van der Waals surface area (Å²) in [6.45, 7) is 7.18. The van der Waals surface area contributed by atoms with E-state index in [0.29, 0.717) is 25.0 Å². The largest absolute Gasteiger partial charge is 0.454 e. The number of Topliss-reactive ketones (excluding diaryl/α,β-unsaturated/α-hetero) is 3. The van der Waals surface area contributed by atoms with Gasteiger partial charge in [-0.2, -0.15) is 0 Å². The second-order valence-corrected chi connectivity index (χ2v) is 16.5. The molecule has 14 nitrogen and oxygen atoms in total. The fourth-order valence-electron chi connectivity index (χ4n) is 8.23. The Balaban J connectivity index is 1.30. The Kier molecular flexibility index (Phi) is 14.9. The number of ether oxygens (including phenoxy) is 3. The minimum Gasteiger partial charge on any atom is -0.454 e. The standard InChI is InChI=1S/C43H54F2N4O10/c1-5-11-25(38(53)31(50)18-19-34(52)47-37(40(46)54)27-14-9-17-33-39(27)58-23-57-33)20-32(51)30-21-26(59-43(2,3)4)22-49(30)42(56)36(24-12-7-6-8-13-24)48-41(55)35-28(44)15-10-16-29(35)45/h9-10,14-17,24-26,30,36-37H,5-8,11-13,18-23H2,1-4H3,(H2,46,54)(H,47,52)(H,48,55)/t25?,26-,30+,36+,37?/m1/s1. The van der Waals surface area contributed by atoms with Crippen LogP contribution in [0.15, 0.2) is 36.4 Å². The molecule has 2 aliphatic heterocycles. The maximum atomic E-state index is 14.7. The first-order valence-corrected chi connectivity index (χ1v) is 20.3. The van der Waals surface area contributed by atoms with Crippen LogP contribution >= 0.6 is 0 Å². The predicted molar refractivity (Wildman–Crippen MR) is 209 cm³/mol. The highest BCUT2D eigenvalue weighted by atomic mass is 19.1. The predicted octanol–water partition coefficient (Wildman–Crippen LogP) is 4.79. The van der Waals surface area contributed by atoms with Crippen LogP contribution in [0.3, 0.4) is 0 Å². The minimum absolute atomic E-state index is 0.0165. The Morgan fingerprint density at radius 1 is 0.932 bits per heavy atom. The van der Waals surface area contributed by atoms with Crippen molar-refractivity contribution in [3.63, 3.8) is 0 Å². The van der Waals surface area contributed by atoms with Gasteiger partial charge >= 0.3 is 0 Å². The maximum Gasteiger partial charge on any atom is 0.257 e. The van der Waals surface area contributed by atoms with Gasteiger partial charge in [0.2, 0.25) is 30.3 Å². The van der Waals surface area contributed by atoms with E-state index in [1.54, 1.807) is 25.1 Å². The van der Waals surface area contributed by atoms with Crippen molar-refractivity contribution in [3.8, 4) is 11.5 Å². The van der Waals surface area contributed by atoms with Crippen molar-refractivity contribution < 1.29 is 56.6 Å². The van der Waals surface area contributed by atoms with Crippen molar-refractivity contribution >= 4 is 41.0 Å². The number of hydrogen-bond acceptors (Lipinski definition) is 10. The fourth-order valence-corrected chi connectivity index (χ4v) is 8.23. The normalized spacial score (nSPS) is 19.4. The summed E-state index contributed by atoms with van der Waals surface area (Å²) in [5, 5.41) is 5.10. The van der Waals surface area contributed by atoms with E-state index in [9.17, 15) is 42.3 Å². The summed E-state index contributed by atoms with van der Waals surface area (Å²) in [5.41, 5.74) is 4.38. The number of halogens is 2. The summed E-state index contributed by atoms with van der Waals surface area (Å²) in [4.78, 5) is 95.8. The van der Waals surface area contributed by atoms with E-state index in [1.165, 1.54) is 4.90 Å². The zero-order chi connectivity index (χ0) is 43.0. The second kappa shape index (κ2) is 19.7. The number of nitrogens with zero attached hydrogens (tertiary/aromatic N) is 1. The van der Waals surface area contributed by atoms with Crippen LogP contribution in [0.25, 0.3) is 0 Å². The molecule has 0 spiro atoms. The number of ketones is 3. The molecule has 320 valence electrons. The summed E-state index contributed by atoms with van der Waals surface area (Å²) in [6, 6.07) is 4.21. The van der Waals surface area contributed by atoms with Gasteiger partial charge in [-0.1, -0.05) is 50.8 Å². The molecule has 2 aromatic rings. The van der Waals surface area contributed by atoms with Crippen molar-refractivity contribution in [2.75, 3.05) is 13.3 Å². The summed E-state index contributed by atoms with van der Waals surface area (Å²) in [6.07, 6.45) is 2.37. The number of carbonyl (C=O) groups is 7.